The average molecular weight is 366 g/mol. The molecule has 1 saturated heterocycles. The molecule has 0 radical (unpaired) electrons. The van der Waals surface area contributed by atoms with Gasteiger partial charge in [0.25, 0.3) is 5.91 Å². The Kier molecular flexibility index (Phi) is 5.24. The number of aromatic nitrogens is 1. The van der Waals surface area contributed by atoms with E-state index in [4.69, 9.17) is 5.73 Å². The fourth-order valence-corrected chi connectivity index (χ4v) is 4.82. The highest BCUT2D eigenvalue weighted by Crippen LogP contribution is 2.32. The van der Waals surface area contributed by atoms with Crippen molar-refractivity contribution in [3.63, 3.8) is 0 Å². The van der Waals surface area contributed by atoms with E-state index in [2.05, 4.69) is 33.7 Å². The van der Waals surface area contributed by atoms with Crippen LogP contribution in [0.2, 0.25) is 0 Å². The molecule has 4 heteroatoms. The van der Waals surface area contributed by atoms with Crippen molar-refractivity contribution in [3.8, 4) is 11.3 Å². The molecule has 1 aliphatic heterocycles. The lowest BCUT2D eigenvalue weighted by Crippen LogP contribution is -2.18. The molecule has 27 heavy (non-hydrogen) atoms. The van der Waals surface area contributed by atoms with Crippen molar-refractivity contribution in [2.45, 2.75) is 58.4 Å². The van der Waals surface area contributed by atoms with Gasteiger partial charge in [-0.1, -0.05) is 31.4 Å². The molecule has 2 aromatic rings. The molecule has 0 atom stereocenters. The molecule has 2 aliphatic rings. The van der Waals surface area contributed by atoms with Gasteiger partial charge in [0, 0.05) is 36.7 Å². The van der Waals surface area contributed by atoms with E-state index >= 15 is 0 Å². The van der Waals surface area contributed by atoms with Gasteiger partial charge in [-0.15, -0.1) is 0 Å². The van der Waals surface area contributed by atoms with E-state index in [1.54, 1.807) is 0 Å². The number of rotatable bonds is 5. The first-order chi connectivity index (χ1) is 13.1. The van der Waals surface area contributed by atoms with Gasteiger partial charge >= 0.3 is 0 Å². The molecule has 2 N–H and O–H groups in total. The number of nitrogens with zero attached hydrogens (tertiary/aromatic N) is 2. The number of primary amides is 1. The summed E-state index contributed by atoms with van der Waals surface area (Å²) in [6.45, 7) is 5.33. The van der Waals surface area contributed by atoms with Crippen LogP contribution in [0, 0.1) is 12.8 Å². The number of hydrogen-bond acceptors (Lipinski definition) is 2. The number of benzene rings is 1. The van der Waals surface area contributed by atoms with Crippen molar-refractivity contribution in [2.24, 2.45) is 11.7 Å². The van der Waals surface area contributed by atoms with Crippen LogP contribution in [0.25, 0.3) is 11.3 Å². The minimum absolute atomic E-state index is 0.329. The first-order valence-corrected chi connectivity index (χ1v) is 10.5. The Morgan fingerprint density at radius 1 is 1.04 bits per heavy atom. The van der Waals surface area contributed by atoms with Crippen molar-refractivity contribution in [3.05, 3.63) is 41.6 Å². The summed E-state index contributed by atoms with van der Waals surface area (Å²) in [4.78, 5) is 14.4. The fraction of sp³-hybridized carbons (Fsp3) is 0.522. The third-order valence-electron chi connectivity index (χ3n) is 6.43. The van der Waals surface area contributed by atoms with Gasteiger partial charge in [-0.2, -0.15) is 0 Å². The van der Waals surface area contributed by atoms with Crippen molar-refractivity contribution in [1.29, 1.82) is 0 Å². The lowest BCUT2D eigenvalue weighted by atomic mass is 9.89. The van der Waals surface area contributed by atoms with E-state index in [1.165, 1.54) is 56.2 Å². The summed E-state index contributed by atoms with van der Waals surface area (Å²) in [5, 5.41) is 0. The first kappa shape index (κ1) is 18.1. The predicted molar refractivity (Wildman–Crippen MR) is 111 cm³/mol. The molecule has 0 unspecified atom stereocenters. The topological polar surface area (TPSA) is 51.3 Å². The maximum atomic E-state index is 11.9. The largest absolute Gasteiger partial charge is 0.372 e. The lowest BCUT2D eigenvalue weighted by molar-refractivity contribution is 0.0999. The summed E-state index contributed by atoms with van der Waals surface area (Å²) in [6, 6.07) is 10.8. The summed E-state index contributed by atoms with van der Waals surface area (Å²) < 4.78 is 2.33. The number of carbonyl (C=O) groups is 1. The van der Waals surface area contributed by atoms with Crippen LogP contribution in [0.15, 0.2) is 30.3 Å². The van der Waals surface area contributed by atoms with Gasteiger partial charge in [-0.05, 0) is 62.3 Å². The third kappa shape index (κ3) is 3.76. The summed E-state index contributed by atoms with van der Waals surface area (Å²) in [5.41, 5.74) is 10.9. The summed E-state index contributed by atoms with van der Waals surface area (Å²) >= 11 is 0. The maximum absolute atomic E-state index is 11.9. The lowest BCUT2D eigenvalue weighted by Gasteiger charge is -2.24. The van der Waals surface area contributed by atoms with Crippen LogP contribution >= 0.6 is 0 Å². The number of carbonyl (C=O) groups excluding carboxylic acids is 1. The molecule has 0 bridgehead atoms. The van der Waals surface area contributed by atoms with Crippen molar-refractivity contribution in [2.75, 3.05) is 18.0 Å². The Morgan fingerprint density at radius 3 is 2.33 bits per heavy atom. The van der Waals surface area contributed by atoms with Crippen LogP contribution in [0.3, 0.4) is 0 Å². The minimum Gasteiger partial charge on any atom is -0.372 e. The molecule has 1 aromatic heterocycles. The van der Waals surface area contributed by atoms with Crippen molar-refractivity contribution >= 4 is 11.6 Å². The zero-order valence-corrected chi connectivity index (χ0v) is 16.4. The number of amides is 1. The Hall–Kier alpha value is -2.23. The Bertz CT molecular complexity index is 794. The van der Waals surface area contributed by atoms with Gasteiger partial charge in [0.2, 0.25) is 0 Å². The van der Waals surface area contributed by atoms with Gasteiger partial charge in [0.15, 0.2) is 0 Å². The molecular weight excluding hydrogens is 334 g/mol. The smallest absolute Gasteiger partial charge is 0.250 e. The van der Waals surface area contributed by atoms with Crippen LogP contribution in [0.4, 0.5) is 5.69 Å². The molecular formula is C23H31N3O. The molecule has 1 aromatic carbocycles. The highest BCUT2D eigenvalue weighted by Gasteiger charge is 2.21. The molecule has 4 rings (SSSR count). The van der Waals surface area contributed by atoms with E-state index in [9.17, 15) is 4.79 Å². The SMILES string of the molecule is Cc1c(C(N)=O)cc(-c2ccc(N3CCCC3)cc2)n1CC1CCCCC1. The van der Waals surface area contributed by atoms with Crippen molar-refractivity contribution in [1.82, 2.24) is 4.57 Å². The second kappa shape index (κ2) is 7.79. The summed E-state index contributed by atoms with van der Waals surface area (Å²) in [5.74, 6) is 0.373. The maximum Gasteiger partial charge on any atom is 0.250 e. The van der Waals surface area contributed by atoms with Gasteiger partial charge < -0.3 is 15.2 Å². The number of hydrogen-bond donors (Lipinski definition) is 1. The van der Waals surface area contributed by atoms with E-state index in [0.717, 1.165) is 31.0 Å². The van der Waals surface area contributed by atoms with Gasteiger partial charge in [-0.3, -0.25) is 4.79 Å². The second-order valence-electron chi connectivity index (χ2n) is 8.25. The second-order valence-corrected chi connectivity index (χ2v) is 8.25. The molecule has 1 saturated carbocycles. The van der Waals surface area contributed by atoms with Crippen LogP contribution in [-0.2, 0) is 6.54 Å². The van der Waals surface area contributed by atoms with Crippen molar-refractivity contribution < 1.29 is 4.79 Å². The zero-order valence-electron chi connectivity index (χ0n) is 16.4. The van der Waals surface area contributed by atoms with E-state index < -0.39 is 0 Å². The standard InChI is InChI=1S/C23H31N3O/c1-17-21(23(24)27)15-22(26(17)16-18-7-3-2-4-8-18)19-9-11-20(12-10-19)25-13-5-6-14-25/h9-12,15,18H,2-8,13-14,16H2,1H3,(H2,24,27). The van der Waals surface area contributed by atoms with Gasteiger partial charge in [0.1, 0.15) is 0 Å². The molecule has 2 fully saturated rings. The molecule has 1 amide bonds. The molecule has 4 nitrogen and oxygen atoms in total. The Morgan fingerprint density at radius 2 is 1.70 bits per heavy atom. The van der Waals surface area contributed by atoms with Crippen LogP contribution in [0.1, 0.15) is 61.0 Å². The Labute approximate surface area is 162 Å². The zero-order chi connectivity index (χ0) is 18.8. The molecule has 2 heterocycles. The first-order valence-electron chi connectivity index (χ1n) is 10.5. The minimum atomic E-state index is -0.329. The highest BCUT2D eigenvalue weighted by atomic mass is 16.1. The number of anilines is 1. The van der Waals surface area contributed by atoms with E-state index in [1.807, 2.05) is 13.0 Å². The average Bonchev–Trinajstić information content (AvgIpc) is 3.32. The van der Waals surface area contributed by atoms with E-state index in [-0.39, 0.29) is 5.91 Å². The number of nitrogens with two attached hydrogens (primary N) is 1. The quantitative estimate of drug-likeness (QED) is 0.832. The monoisotopic (exact) mass is 365 g/mol. The van der Waals surface area contributed by atoms with Gasteiger partial charge in [0.05, 0.1) is 5.56 Å². The highest BCUT2D eigenvalue weighted by molar-refractivity contribution is 5.95. The summed E-state index contributed by atoms with van der Waals surface area (Å²) in [7, 11) is 0. The van der Waals surface area contributed by atoms with Gasteiger partial charge in [-0.25, -0.2) is 0 Å². The van der Waals surface area contributed by atoms with Crippen LogP contribution in [0.5, 0.6) is 0 Å². The summed E-state index contributed by atoms with van der Waals surface area (Å²) in [6.07, 6.45) is 9.16. The third-order valence-corrected chi connectivity index (χ3v) is 6.43. The molecule has 1 aliphatic carbocycles. The Balaban J connectivity index is 1.65. The fourth-order valence-electron chi connectivity index (χ4n) is 4.82. The van der Waals surface area contributed by atoms with Crippen LogP contribution < -0.4 is 10.6 Å². The molecule has 144 valence electrons. The predicted octanol–water partition coefficient (Wildman–Crippen LogP) is 4.74. The van der Waals surface area contributed by atoms with E-state index in [0.29, 0.717) is 11.5 Å². The normalized spacial score (nSPS) is 18.2. The molecule has 0 spiro atoms. The van der Waals surface area contributed by atoms with Crippen LogP contribution in [-0.4, -0.2) is 23.6 Å².